The second-order valence-electron chi connectivity index (χ2n) is 4.09. The Labute approximate surface area is 101 Å². The van der Waals surface area contributed by atoms with Crippen LogP contribution in [0.2, 0.25) is 0 Å². The molecule has 2 rings (SSSR count). The molecule has 17 heavy (non-hydrogen) atoms. The zero-order valence-electron chi connectivity index (χ0n) is 9.68. The molecule has 0 radical (unpaired) electrons. The summed E-state index contributed by atoms with van der Waals surface area (Å²) in [6, 6.07) is 14.9. The maximum absolute atomic E-state index is 11.0. The van der Waals surface area contributed by atoms with Gasteiger partial charge in [-0.05, 0) is 24.1 Å². The van der Waals surface area contributed by atoms with Crippen LogP contribution >= 0.6 is 0 Å². The number of Topliss-reactive ketones (excluding diaryl/α,β-unsaturated/α-hetero) is 1. The summed E-state index contributed by atoms with van der Waals surface area (Å²) in [4.78, 5) is 11.0. The van der Waals surface area contributed by atoms with Crippen LogP contribution < -0.4 is 0 Å². The number of phenolic OH excluding ortho intramolecular Hbond substituents is 1. The minimum atomic E-state index is 0.153. The third kappa shape index (κ3) is 2.72. The summed E-state index contributed by atoms with van der Waals surface area (Å²) in [5, 5.41) is 9.72. The third-order valence-corrected chi connectivity index (χ3v) is 2.62. The van der Waals surface area contributed by atoms with Crippen LogP contribution in [0.5, 0.6) is 5.75 Å². The smallest absolute Gasteiger partial charge is 0.134 e. The Bertz CT molecular complexity index is 527. The number of rotatable bonds is 3. The quantitative estimate of drug-likeness (QED) is 0.872. The van der Waals surface area contributed by atoms with Gasteiger partial charge >= 0.3 is 0 Å². The van der Waals surface area contributed by atoms with E-state index in [1.165, 1.54) is 0 Å². The number of hydrogen-bond donors (Lipinski definition) is 1. The highest BCUT2D eigenvalue weighted by molar-refractivity contribution is 5.78. The topological polar surface area (TPSA) is 37.3 Å². The van der Waals surface area contributed by atoms with E-state index in [0.29, 0.717) is 6.42 Å². The van der Waals surface area contributed by atoms with Crippen molar-refractivity contribution in [2.45, 2.75) is 13.3 Å². The van der Waals surface area contributed by atoms with E-state index in [4.69, 9.17) is 0 Å². The van der Waals surface area contributed by atoms with E-state index in [1.807, 2.05) is 36.4 Å². The van der Waals surface area contributed by atoms with Crippen LogP contribution in [0.4, 0.5) is 0 Å². The van der Waals surface area contributed by atoms with Crippen LogP contribution in [-0.2, 0) is 11.2 Å². The molecule has 0 aliphatic carbocycles. The molecule has 0 saturated heterocycles. The molecule has 0 spiro atoms. The largest absolute Gasteiger partial charge is 0.507 e. The molecular weight excluding hydrogens is 212 g/mol. The van der Waals surface area contributed by atoms with E-state index in [0.717, 1.165) is 16.7 Å². The lowest BCUT2D eigenvalue weighted by atomic mass is 10.0. The number of para-hydroxylation sites is 1. The molecule has 0 heterocycles. The summed E-state index contributed by atoms with van der Waals surface area (Å²) in [5.41, 5.74) is 2.76. The normalized spacial score (nSPS) is 10.2. The van der Waals surface area contributed by atoms with Gasteiger partial charge in [-0.1, -0.05) is 42.5 Å². The van der Waals surface area contributed by atoms with Crippen molar-refractivity contribution in [2.75, 3.05) is 0 Å². The highest BCUT2D eigenvalue weighted by Crippen LogP contribution is 2.28. The van der Waals surface area contributed by atoms with Crippen LogP contribution in [0.3, 0.4) is 0 Å². The van der Waals surface area contributed by atoms with Crippen molar-refractivity contribution >= 4 is 5.78 Å². The van der Waals surface area contributed by atoms with Crippen LogP contribution in [0.15, 0.2) is 48.5 Å². The van der Waals surface area contributed by atoms with Crippen LogP contribution in [0, 0.1) is 0 Å². The van der Waals surface area contributed by atoms with Crippen LogP contribution in [0.25, 0.3) is 11.1 Å². The van der Waals surface area contributed by atoms with Gasteiger partial charge in [-0.25, -0.2) is 0 Å². The molecule has 0 aromatic heterocycles. The Morgan fingerprint density at radius 1 is 1.06 bits per heavy atom. The van der Waals surface area contributed by atoms with Crippen molar-refractivity contribution in [1.29, 1.82) is 0 Å². The number of benzene rings is 2. The highest BCUT2D eigenvalue weighted by Gasteiger charge is 2.03. The van der Waals surface area contributed by atoms with Gasteiger partial charge in [0.15, 0.2) is 0 Å². The van der Waals surface area contributed by atoms with E-state index in [9.17, 15) is 9.90 Å². The maximum Gasteiger partial charge on any atom is 0.134 e. The summed E-state index contributed by atoms with van der Waals surface area (Å²) in [7, 11) is 0. The van der Waals surface area contributed by atoms with Crippen molar-refractivity contribution in [3.63, 3.8) is 0 Å². The minimum absolute atomic E-state index is 0.153. The Morgan fingerprint density at radius 2 is 1.71 bits per heavy atom. The van der Waals surface area contributed by atoms with Gasteiger partial charge in [-0.15, -0.1) is 0 Å². The van der Waals surface area contributed by atoms with Crippen LogP contribution in [0.1, 0.15) is 12.5 Å². The molecule has 0 fully saturated rings. The van der Waals surface area contributed by atoms with Crippen molar-refractivity contribution in [1.82, 2.24) is 0 Å². The monoisotopic (exact) mass is 226 g/mol. The lowest BCUT2D eigenvalue weighted by Gasteiger charge is -2.05. The van der Waals surface area contributed by atoms with Gasteiger partial charge in [0.2, 0.25) is 0 Å². The molecule has 2 heteroatoms. The van der Waals surface area contributed by atoms with Gasteiger partial charge in [0.25, 0.3) is 0 Å². The Hall–Kier alpha value is -2.09. The molecule has 0 bridgehead atoms. The maximum atomic E-state index is 11.0. The first-order chi connectivity index (χ1) is 8.16. The summed E-state index contributed by atoms with van der Waals surface area (Å²) >= 11 is 0. The van der Waals surface area contributed by atoms with Crippen molar-refractivity contribution in [2.24, 2.45) is 0 Å². The lowest BCUT2D eigenvalue weighted by molar-refractivity contribution is -0.116. The first-order valence-electron chi connectivity index (χ1n) is 5.53. The number of aromatic hydroxyl groups is 1. The van der Waals surface area contributed by atoms with Gasteiger partial charge in [0.1, 0.15) is 11.5 Å². The molecule has 2 aromatic carbocycles. The summed E-state index contributed by atoms with van der Waals surface area (Å²) in [6.07, 6.45) is 0.459. The zero-order chi connectivity index (χ0) is 12.3. The third-order valence-electron chi connectivity index (χ3n) is 2.62. The fourth-order valence-electron chi connectivity index (χ4n) is 1.81. The molecule has 2 aromatic rings. The van der Waals surface area contributed by atoms with E-state index in [1.54, 1.807) is 19.1 Å². The second kappa shape index (κ2) is 4.83. The van der Waals surface area contributed by atoms with Gasteiger partial charge in [-0.2, -0.15) is 0 Å². The fraction of sp³-hybridized carbons (Fsp3) is 0.133. The Kier molecular flexibility index (Phi) is 3.24. The molecule has 0 aliphatic heterocycles. The summed E-state index contributed by atoms with van der Waals surface area (Å²) in [6.45, 7) is 1.58. The first kappa shape index (κ1) is 11.4. The lowest BCUT2D eigenvalue weighted by Crippen LogP contribution is -1.95. The van der Waals surface area contributed by atoms with Crippen molar-refractivity contribution < 1.29 is 9.90 Å². The number of ketones is 1. The molecular formula is C15H14O2. The number of phenols is 1. The van der Waals surface area contributed by atoms with Gasteiger partial charge in [-0.3, -0.25) is 4.79 Å². The van der Waals surface area contributed by atoms with Gasteiger partial charge in [0, 0.05) is 12.0 Å². The highest BCUT2D eigenvalue weighted by atomic mass is 16.3. The number of hydrogen-bond acceptors (Lipinski definition) is 2. The molecule has 0 amide bonds. The Balaban J connectivity index is 2.30. The number of carbonyl (C=O) groups is 1. The van der Waals surface area contributed by atoms with Crippen molar-refractivity contribution in [3.8, 4) is 16.9 Å². The van der Waals surface area contributed by atoms with Crippen LogP contribution in [-0.4, -0.2) is 10.9 Å². The number of carbonyl (C=O) groups excluding carboxylic acids is 1. The zero-order valence-corrected chi connectivity index (χ0v) is 9.68. The molecule has 86 valence electrons. The Morgan fingerprint density at radius 3 is 2.29 bits per heavy atom. The first-order valence-corrected chi connectivity index (χ1v) is 5.53. The van der Waals surface area contributed by atoms with Gasteiger partial charge in [0.05, 0.1) is 0 Å². The average molecular weight is 226 g/mol. The SMILES string of the molecule is CC(=O)Cc1ccc(-c2ccccc2O)cc1. The second-order valence-corrected chi connectivity index (χ2v) is 4.09. The van der Waals surface area contributed by atoms with E-state index in [-0.39, 0.29) is 11.5 Å². The molecule has 2 nitrogen and oxygen atoms in total. The standard InChI is InChI=1S/C15H14O2/c1-11(16)10-12-6-8-13(9-7-12)14-4-2-3-5-15(14)17/h2-9,17H,10H2,1H3. The molecule has 0 aliphatic rings. The van der Waals surface area contributed by atoms with Gasteiger partial charge < -0.3 is 5.11 Å². The predicted octanol–water partition coefficient (Wildman–Crippen LogP) is 3.19. The van der Waals surface area contributed by atoms with E-state index >= 15 is 0 Å². The molecule has 0 saturated carbocycles. The average Bonchev–Trinajstić information content (AvgIpc) is 2.30. The predicted molar refractivity (Wildman–Crippen MR) is 67.9 cm³/mol. The fourth-order valence-corrected chi connectivity index (χ4v) is 1.81. The molecule has 0 unspecified atom stereocenters. The van der Waals surface area contributed by atoms with Crippen molar-refractivity contribution in [3.05, 3.63) is 54.1 Å². The summed E-state index contributed by atoms with van der Waals surface area (Å²) in [5.74, 6) is 0.423. The van der Waals surface area contributed by atoms with E-state index < -0.39 is 0 Å². The summed E-state index contributed by atoms with van der Waals surface area (Å²) < 4.78 is 0. The molecule has 0 atom stereocenters. The minimum Gasteiger partial charge on any atom is -0.507 e. The molecule has 1 N–H and O–H groups in total. The van der Waals surface area contributed by atoms with E-state index in [2.05, 4.69) is 0 Å².